The summed E-state index contributed by atoms with van der Waals surface area (Å²) in [5.74, 6) is -0.493. The summed E-state index contributed by atoms with van der Waals surface area (Å²) in [6.45, 7) is 1.39. The van der Waals surface area contributed by atoms with Crippen LogP contribution in [-0.2, 0) is 20.3 Å². The van der Waals surface area contributed by atoms with Crippen LogP contribution in [0, 0.1) is 0 Å². The summed E-state index contributed by atoms with van der Waals surface area (Å²) in [5.41, 5.74) is 1.00. The van der Waals surface area contributed by atoms with Crippen LogP contribution < -0.4 is 5.32 Å². The predicted octanol–water partition coefficient (Wildman–Crippen LogP) is 1.14. The smallest absolute Gasteiger partial charge is 0.337 e. The Kier molecular flexibility index (Phi) is 4.77. The topological polar surface area (TPSA) is 72.5 Å². The van der Waals surface area contributed by atoms with E-state index in [4.69, 9.17) is 0 Å². The Morgan fingerprint density at radius 3 is 2.90 bits per heavy atom. The molecule has 1 saturated heterocycles. The van der Waals surface area contributed by atoms with E-state index >= 15 is 0 Å². The molecular formula is C14H19NO4S. The Bertz CT molecular complexity index is 577. The summed E-state index contributed by atoms with van der Waals surface area (Å²) in [6, 6.07) is 6.60. The van der Waals surface area contributed by atoms with Crippen molar-refractivity contribution in [1.82, 2.24) is 5.32 Å². The van der Waals surface area contributed by atoms with Gasteiger partial charge in [0.05, 0.1) is 23.7 Å². The molecule has 2 rings (SSSR count). The molecule has 1 aromatic carbocycles. The Balaban J connectivity index is 2.14. The molecule has 1 N–H and O–H groups in total. The standard InChI is InChI=1S/C14H19NO4S/c1-19-14(16)12-5-2-4-11(8-12)10-20(17,18)13-6-3-7-15-9-13/h2,4-5,8,13,15H,3,6-7,9-10H2,1H3. The van der Waals surface area contributed by atoms with Gasteiger partial charge in [-0.2, -0.15) is 0 Å². The van der Waals surface area contributed by atoms with Gasteiger partial charge in [-0.25, -0.2) is 13.2 Å². The zero-order valence-electron chi connectivity index (χ0n) is 11.5. The molecule has 6 heteroatoms. The van der Waals surface area contributed by atoms with Gasteiger partial charge in [0.25, 0.3) is 0 Å². The van der Waals surface area contributed by atoms with E-state index in [9.17, 15) is 13.2 Å². The maximum absolute atomic E-state index is 12.3. The molecule has 1 heterocycles. The Hall–Kier alpha value is -1.40. The third-order valence-electron chi connectivity index (χ3n) is 3.48. The highest BCUT2D eigenvalue weighted by atomic mass is 32.2. The van der Waals surface area contributed by atoms with E-state index in [0.29, 0.717) is 24.1 Å². The molecule has 0 amide bonds. The molecule has 110 valence electrons. The van der Waals surface area contributed by atoms with Gasteiger partial charge in [0.2, 0.25) is 0 Å². The second kappa shape index (κ2) is 6.37. The molecule has 1 aromatic rings. The van der Waals surface area contributed by atoms with Gasteiger partial charge in [0, 0.05) is 6.54 Å². The minimum atomic E-state index is -3.20. The number of hydrogen-bond donors (Lipinski definition) is 1. The van der Waals surface area contributed by atoms with Crippen molar-refractivity contribution in [2.75, 3.05) is 20.2 Å². The van der Waals surface area contributed by atoms with Gasteiger partial charge in [0.15, 0.2) is 9.84 Å². The highest BCUT2D eigenvalue weighted by molar-refractivity contribution is 7.91. The summed E-state index contributed by atoms with van der Waals surface area (Å²) < 4.78 is 29.3. The van der Waals surface area contributed by atoms with Crippen molar-refractivity contribution in [2.45, 2.75) is 23.8 Å². The van der Waals surface area contributed by atoms with Crippen molar-refractivity contribution in [3.8, 4) is 0 Å². The first-order valence-corrected chi connectivity index (χ1v) is 8.34. The number of methoxy groups -OCH3 is 1. The summed E-state index contributed by atoms with van der Waals surface area (Å²) >= 11 is 0. The lowest BCUT2D eigenvalue weighted by atomic mass is 10.1. The van der Waals surface area contributed by atoms with Crippen LogP contribution in [0.4, 0.5) is 0 Å². The van der Waals surface area contributed by atoms with Crippen LogP contribution >= 0.6 is 0 Å². The van der Waals surface area contributed by atoms with Crippen molar-refractivity contribution < 1.29 is 17.9 Å². The van der Waals surface area contributed by atoms with E-state index < -0.39 is 15.8 Å². The van der Waals surface area contributed by atoms with Gasteiger partial charge >= 0.3 is 5.97 Å². The molecular weight excluding hydrogens is 278 g/mol. The van der Waals surface area contributed by atoms with Crippen molar-refractivity contribution in [1.29, 1.82) is 0 Å². The van der Waals surface area contributed by atoms with Crippen molar-refractivity contribution in [3.63, 3.8) is 0 Å². The van der Waals surface area contributed by atoms with Crippen LogP contribution in [0.25, 0.3) is 0 Å². The first-order chi connectivity index (χ1) is 9.53. The molecule has 0 spiro atoms. The minimum absolute atomic E-state index is 0.0375. The Labute approximate surface area is 119 Å². The van der Waals surface area contributed by atoms with E-state index in [1.54, 1.807) is 24.3 Å². The van der Waals surface area contributed by atoms with Crippen LogP contribution in [0.2, 0.25) is 0 Å². The fraction of sp³-hybridized carbons (Fsp3) is 0.500. The van der Waals surface area contributed by atoms with Gasteiger partial charge in [-0.1, -0.05) is 12.1 Å². The summed E-state index contributed by atoms with van der Waals surface area (Å²) in [4.78, 5) is 11.5. The quantitative estimate of drug-likeness (QED) is 0.844. The Morgan fingerprint density at radius 1 is 1.45 bits per heavy atom. The average Bonchev–Trinajstić information content (AvgIpc) is 2.47. The molecule has 0 saturated carbocycles. The van der Waals surface area contributed by atoms with Gasteiger partial charge in [-0.05, 0) is 37.1 Å². The van der Waals surface area contributed by atoms with Gasteiger partial charge in [-0.3, -0.25) is 0 Å². The molecule has 1 fully saturated rings. The average molecular weight is 297 g/mol. The molecule has 5 nitrogen and oxygen atoms in total. The first-order valence-electron chi connectivity index (χ1n) is 6.62. The number of rotatable bonds is 4. The van der Waals surface area contributed by atoms with Crippen LogP contribution in [-0.4, -0.2) is 39.8 Å². The second-order valence-electron chi connectivity index (χ2n) is 4.97. The molecule has 20 heavy (non-hydrogen) atoms. The van der Waals surface area contributed by atoms with Gasteiger partial charge in [0.1, 0.15) is 0 Å². The SMILES string of the molecule is COC(=O)c1cccc(CS(=O)(=O)C2CCCNC2)c1. The molecule has 0 bridgehead atoms. The number of sulfone groups is 1. The molecule has 1 aliphatic heterocycles. The second-order valence-corrected chi connectivity index (χ2v) is 7.25. The normalized spacial score (nSPS) is 19.6. The number of carbonyl (C=O) groups is 1. The van der Waals surface area contributed by atoms with Crippen LogP contribution in [0.5, 0.6) is 0 Å². The maximum Gasteiger partial charge on any atom is 0.337 e. The fourth-order valence-electron chi connectivity index (χ4n) is 2.38. The highest BCUT2D eigenvalue weighted by Crippen LogP contribution is 2.18. The van der Waals surface area contributed by atoms with Crippen LogP contribution in [0.15, 0.2) is 24.3 Å². The third kappa shape index (κ3) is 3.58. The van der Waals surface area contributed by atoms with Crippen molar-refractivity contribution >= 4 is 15.8 Å². The molecule has 0 radical (unpaired) electrons. The lowest BCUT2D eigenvalue weighted by Gasteiger charge is -2.22. The largest absolute Gasteiger partial charge is 0.465 e. The number of ether oxygens (including phenoxy) is 1. The molecule has 0 aromatic heterocycles. The number of esters is 1. The van der Waals surface area contributed by atoms with Gasteiger partial charge < -0.3 is 10.1 Å². The van der Waals surface area contributed by atoms with E-state index in [0.717, 1.165) is 13.0 Å². The van der Waals surface area contributed by atoms with E-state index in [1.165, 1.54) is 7.11 Å². The molecule has 1 unspecified atom stereocenters. The van der Waals surface area contributed by atoms with E-state index in [2.05, 4.69) is 10.1 Å². The van der Waals surface area contributed by atoms with Crippen LogP contribution in [0.3, 0.4) is 0 Å². The van der Waals surface area contributed by atoms with E-state index in [1.807, 2.05) is 0 Å². The maximum atomic E-state index is 12.3. The molecule has 1 aliphatic rings. The van der Waals surface area contributed by atoms with Crippen molar-refractivity contribution in [3.05, 3.63) is 35.4 Å². The zero-order valence-corrected chi connectivity index (χ0v) is 12.3. The number of nitrogens with one attached hydrogen (secondary N) is 1. The predicted molar refractivity (Wildman–Crippen MR) is 76.3 cm³/mol. The Morgan fingerprint density at radius 2 is 2.25 bits per heavy atom. The first kappa shape index (κ1) is 15.0. The van der Waals surface area contributed by atoms with Gasteiger partial charge in [-0.15, -0.1) is 0 Å². The van der Waals surface area contributed by atoms with Crippen LogP contribution in [0.1, 0.15) is 28.8 Å². The summed E-state index contributed by atoms with van der Waals surface area (Å²) in [7, 11) is -1.90. The fourth-order valence-corrected chi connectivity index (χ4v) is 4.16. The summed E-state index contributed by atoms with van der Waals surface area (Å²) in [6.07, 6.45) is 1.58. The zero-order chi connectivity index (χ0) is 14.6. The minimum Gasteiger partial charge on any atom is -0.465 e. The lowest BCUT2D eigenvalue weighted by molar-refractivity contribution is 0.0600. The number of hydrogen-bond acceptors (Lipinski definition) is 5. The number of carbonyl (C=O) groups excluding carboxylic acids is 1. The number of piperidine rings is 1. The third-order valence-corrected chi connectivity index (χ3v) is 5.63. The van der Waals surface area contributed by atoms with Crippen molar-refractivity contribution in [2.24, 2.45) is 0 Å². The molecule has 1 atom stereocenters. The molecule has 0 aliphatic carbocycles. The summed E-state index contributed by atoms with van der Waals surface area (Å²) in [5, 5.41) is 2.78. The monoisotopic (exact) mass is 297 g/mol. The lowest BCUT2D eigenvalue weighted by Crippen LogP contribution is -2.39. The van der Waals surface area contributed by atoms with E-state index in [-0.39, 0.29) is 11.0 Å². The number of benzene rings is 1. The highest BCUT2D eigenvalue weighted by Gasteiger charge is 2.27.